The molecule has 5 aromatic rings. The Hall–Kier alpha value is -6.01. The molecule has 0 bridgehead atoms. The number of hydrogen-bond acceptors (Lipinski definition) is 8. The third-order valence-corrected chi connectivity index (χ3v) is 10.4. The first-order chi connectivity index (χ1) is 25.7. The van der Waals surface area contributed by atoms with Crippen LogP contribution in [0.4, 0.5) is 5.69 Å². The number of benzene rings is 4. The first-order valence-electron chi connectivity index (χ1n) is 17.2. The van der Waals surface area contributed by atoms with E-state index in [0.717, 1.165) is 32.2 Å². The molecule has 1 fully saturated rings. The fraction of sp³-hybridized carbons (Fsp3) is 0.103. The largest absolute Gasteiger partial charge is 0.474 e. The number of anilines is 1. The molecule has 1 aliphatic carbocycles. The number of carbonyl (C=O) groups is 2. The van der Waals surface area contributed by atoms with Gasteiger partial charge in [-0.25, -0.2) is 9.84 Å². The summed E-state index contributed by atoms with van der Waals surface area (Å²) in [7, 11) is -2.72. The molecule has 3 aliphatic heterocycles. The van der Waals surface area contributed by atoms with Crippen LogP contribution in [-0.4, -0.2) is 69.3 Å². The van der Waals surface area contributed by atoms with E-state index in [4.69, 9.17) is 11.6 Å². The molecule has 1 unspecified atom stereocenters. The predicted octanol–water partition coefficient (Wildman–Crippen LogP) is 3.52. The minimum Gasteiger partial charge on any atom is -0.427 e. The van der Waals surface area contributed by atoms with Crippen molar-refractivity contribution in [2.45, 2.75) is 19.4 Å². The Morgan fingerprint density at radius 1 is 0.849 bits per heavy atom. The maximum atomic E-state index is 14.5. The predicted molar refractivity (Wildman–Crippen MR) is 208 cm³/mol. The van der Waals surface area contributed by atoms with E-state index in [2.05, 4.69) is 10.2 Å². The monoisotopic (exact) mass is 718 g/mol. The summed E-state index contributed by atoms with van der Waals surface area (Å²) in [6.45, 7) is 2.59. The molecule has 11 nitrogen and oxygen atoms in total. The van der Waals surface area contributed by atoms with E-state index in [1.165, 1.54) is 12.4 Å². The van der Waals surface area contributed by atoms with Gasteiger partial charge in [-0.05, 0) is 76.9 Å². The number of allylic oxidation sites excluding steroid dienone is 1. The summed E-state index contributed by atoms with van der Waals surface area (Å²) in [5, 5.41) is 31.9. The number of amides is 2. The van der Waals surface area contributed by atoms with Gasteiger partial charge in [0, 0.05) is 40.6 Å². The molecule has 258 valence electrons. The van der Waals surface area contributed by atoms with Crippen molar-refractivity contribution in [1.29, 1.82) is 0 Å². The van der Waals surface area contributed by atoms with Crippen LogP contribution in [0.3, 0.4) is 0 Å². The van der Waals surface area contributed by atoms with Crippen LogP contribution in [0.2, 0.25) is 5.02 Å². The molecule has 1 atom stereocenters. The minimum absolute atomic E-state index is 0.161. The summed E-state index contributed by atoms with van der Waals surface area (Å²) in [4.78, 5) is 46.6. The summed E-state index contributed by atoms with van der Waals surface area (Å²) in [5.74, 6) is -1.23. The SMILES string of the molecule is CCN1C=C(C(=O)N2N=Cc3ccccc3B2O)/C(=C2/CC2n2cc(C(=O)N3N=Cc4cc(Cl)ccc4B3O)c(=O)c3ccccc32)c2ccccc21. The lowest BCUT2D eigenvalue weighted by Gasteiger charge is -2.32. The smallest absolute Gasteiger partial charge is 0.427 e. The van der Waals surface area contributed by atoms with Crippen molar-refractivity contribution in [3.8, 4) is 0 Å². The molecule has 2 N–H and O–H groups in total. The van der Waals surface area contributed by atoms with E-state index in [-0.39, 0.29) is 11.6 Å². The number of carbonyl (C=O) groups excluding carboxylic acids is 2. The van der Waals surface area contributed by atoms with E-state index in [1.807, 2.05) is 77.2 Å². The second kappa shape index (κ2) is 12.6. The second-order valence-electron chi connectivity index (χ2n) is 13.2. The van der Waals surface area contributed by atoms with Gasteiger partial charge in [-0.1, -0.05) is 72.3 Å². The number of hydrogen-bond donors (Lipinski definition) is 2. The van der Waals surface area contributed by atoms with Gasteiger partial charge in [0.1, 0.15) is 5.56 Å². The molecular weight excluding hydrogens is 690 g/mol. The Kier molecular flexibility index (Phi) is 7.81. The number of hydrazone groups is 2. The molecule has 1 saturated carbocycles. The highest BCUT2D eigenvalue weighted by Crippen LogP contribution is 2.53. The number of aromatic nitrogens is 1. The third-order valence-electron chi connectivity index (χ3n) is 10.2. The number of halogens is 1. The normalized spacial score (nSPS) is 18.5. The zero-order chi connectivity index (χ0) is 36.5. The van der Waals surface area contributed by atoms with Gasteiger partial charge in [0.25, 0.3) is 11.8 Å². The van der Waals surface area contributed by atoms with Crippen LogP contribution in [0.1, 0.15) is 46.4 Å². The molecule has 4 aliphatic rings. The molecule has 4 heterocycles. The fourth-order valence-corrected chi connectivity index (χ4v) is 7.69. The zero-order valence-electron chi connectivity index (χ0n) is 28.3. The summed E-state index contributed by atoms with van der Waals surface area (Å²) >= 11 is 6.13. The third kappa shape index (κ3) is 5.27. The summed E-state index contributed by atoms with van der Waals surface area (Å²) in [6, 6.07) is 26.7. The van der Waals surface area contributed by atoms with Gasteiger partial charge in [0.15, 0.2) is 0 Å². The van der Waals surface area contributed by atoms with Crippen molar-refractivity contribution in [1.82, 2.24) is 14.4 Å². The Morgan fingerprint density at radius 2 is 1.53 bits per heavy atom. The van der Waals surface area contributed by atoms with Gasteiger partial charge in [-0.2, -0.15) is 10.2 Å². The Morgan fingerprint density at radius 3 is 2.34 bits per heavy atom. The number of fused-ring (bicyclic) bond motifs is 4. The van der Waals surface area contributed by atoms with Gasteiger partial charge in [-0.15, -0.1) is 0 Å². The van der Waals surface area contributed by atoms with Gasteiger partial charge < -0.3 is 19.5 Å². The first-order valence-corrected chi connectivity index (χ1v) is 17.6. The molecule has 0 spiro atoms. The summed E-state index contributed by atoms with van der Waals surface area (Å²) < 4.78 is 1.89. The first kappa shape index (κ1) is 32.9. The highest BCUT2D eigenvalue weighted by molar-refractivity contribution is 6.68. The van der Waals surface area contributed by atoms with Gasteiger partial charge >= 0.3 is 14.1 Å². The van der Waals surface area contributed by atoms with Crippen LogP contribution >= 0.6 is 11.6 Å². The van der Waals surface area contributed by atoms with E-state index in [0.29, 0.717) is 56.5 Å². The lowest BCUT2D eigenvalue weighted by molar-refractivity contribution is -0.123. The average Bonchev–Trinajstić information content (AvgIpc) is 3.97. The van der Waals surface area contributed by atoms with Crippen molar-refractivity contribution < 1.29 is 19.6 Å². The number of pyridine rings is 1. The van der Waals surface area contributed by atoms with Crippen molar-refractivity contribution in [3.05, 3.63) is 152 Å². The average molecular weight is 719 g/mol. The topological polar surface area (TPSA) is 131 Å². The Bertz CT molecular complexity index is 2600. The van der Waals surface area contributed by atoms with Crippen LogP contribution in [0.5, 0.6) is 0 Å². The van der Waals surface area contributed by atoms with Gasteiger partial charge in [-0.3, -0.25) is 14.4 Å². The van der Waals surface area contributed by atoms with Crippen molar-refractivity contribution in [2.24, 2.45) is 10.2 Å². The number of rotatable bonds is 4. The number of nitrogens with zero attached hydrogens (tertiary/aromatic N) is 6. The fourth-order valence-electron chi connectivity index (χ4n) is 7.51. The maximum absolute atomic E-state index is 14.5. The van der Waals surface area contributed by atoms with Crippen LogP contribution in [0.25, 0.3) is 16.5 Å². The van der Waals surface area contributed by atoms with Gasteiger partial charge in [0.05, 0.1) is 29.6 Å². The van der Waals surface area contributed by atoms with Crippen LogP contribution < -0.4 is 21.3 Å². The summed E-state index contributed by atoms with van der Waals surface area (Å²) in [5.41, 5.74) is 6.03. The quantitative estimate of drug-likeness (QED) is 0.274. The van der Waals surface area contributed by atoms with Gasteiger partial charge in [0.2, 0.25) is 5.43 Å². The Labute approximate surface area is 309 Å². The highest BCUT2D eigenvalue weighted by atomic mass is 35.5. The molecule has 53 heavy (non-hydrogen) atoms. The van der Waals surface area contributed by atoms with Crippen molar-refractivity contribution in [2.75, 3.05) is 11.4 Å². The maximum Gasteiger partial charge on any atom is 0.474 e. The van der Waals surface area contributed by atoms with E-state index >= 15 is 0 Å². The van der Waals surface area contributed by atoms with E-state index in [1.54, 1.807) is 42.6 Å². The second-order valence-corrected chi connectivity index (χ2v) is 13.6. The van der Waals surface area contributed by atoms with Crippen molar-refractivity contribution >= 4 is 83.0 Å². The van der Waals surface area contributed by atoms with Crippen LogP contribution in [0.15, 0.2) is 130 Å². The standard InChI is InChI=1S/C39H29B2ClN6O5/c1-2-45-21-29(38(50)47-40(52)31-12-6-3-9-23(31)19-43-47)36(26-10-4-7-13-33(26)45)28-18-35(28)46-22-30(37(49)27-11-5-8-14-34(27)46)39(51)48-41(53)32-16-15-25(42)17-24(32)20-44-48/h3-17,19-22,35,52-53H,2,18H2,1H3/b36-28-. The molecule has 0 radical (unpaired) electrons. The lowest BCUT2D eigenvalue weighted by atomic mass is 9.69. The summed E-state index contributed by atoms with van der Waals surface area (Å²) in [6.07, 6.45) is 6.86. The molecule has 4 aromatic carbocycles. The van der Waals surface area contributed by atoms with Crippen molar-refractivity contribution in [3.63, 3.8) is 0 Å². The van der Waals surface area contributed by atoms with E-state index in [9.17, 15) is 24.4 Å². The Balaban J connectivity index is 1.16. The van der Waals surface area contributed by atoms with E-state index < -0.39 is 31.3 Å². The molecule has 2 amide bonds. The van der Waals surface area contributed by atoms with Crippen LogP contribution in [-0.2, 0) is 4.79 Å². The molecule has 9 rings (SSSR count). The molecule has 0 saturated heterocycles. The number of para-hydroxylation sites is 2. The molecule has 1 aromatic heterocycles. The molecular formula is C39H29B2ClN6O5. The highest BCUT2D eigenvalue weighted by Gasteiger charge is 2.44. The minimum atomic E-state index is -1.43. The lowest BCUT2D eigenvalue weighted by Crippen LogP contribution is -2.53. The zero-order valence-corrected chi connectivity index (χ0v) is 29.1. The molecule has 14 heteroatoms. The van der Waals surface area contributed by atoms with Crippen LogP contribution in [0, 0.1) is 0 Å².